The van der Waals surface area contributed by atoms with Gasteiger partial charge in [-0.25, -0.2) is 18.9 Å². The summed E-state index contributed by atoms with van der Waals surface area (Å²) < 4.78 is 25.3. The standard InChI is InChI=1S/C28H23ClFN3O7/c1-2-39-23-13-17(11-19(29)25(23)40-15-16-7-9-18(10-8-16)27(36)37)12-22-26(35)33(28(38)32-22)14-24(34)31-21-6-4-3-5-20(21)30/h3-13H,2,14-15H2,1H3,(H,31,34)(H,32,38)(H,36,37)/b22-12+. The second-order valence-electron chi connectivity index (χ2n) is 8.46. The lowest BCUT2D eigenvalue weighted by Crippen LogP contribution is -2.38. The molecular formula is C28H23ClFN3O7. The van der Waals surface area contributed by atoms with Gasteiger partial charge in [0, 0.05) is 0 Å². The number of carbonyl (C=O) groups excluding carboxylic acids is 3. The number of rotatable bonds is 10. The summed E-state index contributed by atoms with van der Waals surface area (Å²) in [4.78, 5) is 49.3. The highest BCUT2D eigenvalue weighted by atomic mass is 35.5. The molecule has 3 aromatic rings. The first-order valence-electron chi connectivity index (χ1n) is 12.0. The van der Waals surface area contributed by atoms with Crippen molar-refractivity contribution in [3.8, 4) is 11.5 Å². The number of carbonyl (C=O) groups is 4. The Kier molecular flexibility index (Phi) is 8.65. The Hall–Kier alpha value is -4.90. The average Bonchev–Trinajstić information content (AvgIpc) is 3.17. The van der Waals surface area contributed by atoms with Gasteiger partial charge in [0.1, 0.15) is 24.7 Å². The number of nitrogens with one attached hydrogen (secondary N) is 2. The normalized spacial score (nSPS) is 13.8. The van der Waals surface area contributed by atoms with Gasteiger partial charge in [0.05, 0.1) is 22.9 Å². The zero-order chi connectivity index (χ0) is 28.8. The molecule has 1 aliphatic heterocycles. The zero-order valence-electron chi connectivity index (χ0n) is 21.1. The maximum Gasteiger partial charge on any atom is 0.335 e. The smallest absolute Gasteiger partial charge is 0.335 e. The van der Waals surface area contributed by atoms with Gasteiger partial charge in [-0.1, -0.05) is 35.9 Å². The quantitative estimate of drug-likeness (QED) is 0.239. The van der Waals surface area contributed by atoms with Gasteiger partial charge in [-0.2, -0.15) is 0 Å². The number of carboxylic acids is 1. The highest BCUT2D eigenvalue weighted by molar-refractivity contribution is 6.32. The van der Waals surface area contributed by atoms with Crippen LogP contribution in [0.4, 0.5) is 14.9 Å². The average molecular weight is 568 g/mol. The van der Waals surface area contributed by atoms with Gasteiger partial charge in [0.2, 0.25) is 5.91 Å². The molecule has 0 radical (unpaired) electrons. The Morgan fingerprint density at radius 2 is 1.82 bits per heavy atom. The Morgan fingerprint density at radius 3 is 2.50 bits per heavy atom. The van der Waals surface area contributed by atoms with Crippen LogP contribution in [0.5, 0.6) is 11.5 Å². The Labute approximate surface area is 232 Å². The SMILES string of the molecule is CCOc1cc(/C=C2/NC(=O)N(CC(=O)Nc3ccccc3F)C2=O)cc(Cl)c1OCc1ccc(C(=O)O)cc1. The number of nitrogens with zero attached hydrogens (tertiary/aromatic N) is 1. The van der Waals surface area contributed by atoms with Crippen LogP contribution < -0.4 is 20.1 Å². The summed E-state index contributed by atoms with van der Waals surface area (Å²) in [5.74, 6) is -2.68. The van der Waals surface area contributed by atoms with Crippen molar-refractivity contribution in [1.82, 2.24) is 10.2 Å². The molecule has 1 saturated heterocycles. The van der Waals surface area contributed by atoms with Crippen molar-refractivity contribution in [3.63, 3.8) is 0 Å². The lowest BCUT2D eigenvalue weighted by Gasteiger charge is -2.15. The van der Waals surface area contributed by atoms with Gasteiger partial charge in [0.15, 0.2) is 11.5 Å². The first kappa shape index (κ1) is 28.1. The van der Waals surface area contributed by atoms with E-state index < -0.39 is 36.2 Å². The van der Waals surface area contributed by atoms with Crippen molar-refractivity contribution >= 4 is 47.2 Å². The van der Waals surface area contributed by atoms with Crippen LogP contribution in [0.1, 0.15) is 28.4 Å². The number of imide groups is 1. The summed E-state index contributed by atoms with van der Waals surface area (Å²) in [5, 5.41) is 14.0. The summed E-state index contributed by atoms with van der Waals surface area (Å²) in [6.45, 7) is 1.50. The minimum absolute atomic E-state index is 0.0759. The number of urea groups is 1. The third-order valence-electron chi connectivity index (χ3n) is 5.64. The first-order chi connectivity index (χ1) is 19.2. The van der Waals surface area contributed by atoms with E-state index in [9.17, 15) is 23.6 Å². The Bertz CT molecular complexity index is 1510. The van der Waals surface area contributed by atoms with E-state index in [4.69, 9.17) is 26.2 Å². The minimum Gasteiger partial charge on any atom is -0.490 e. The van der Waals surface area contributed by atoms with Crippen molar-refractivity contribution in [1.29, 1.82) is 0 Å². The van der Waals surface area contributed by atoms with Crippen molar-refractivity contribution in [2.75, 3.05) is 18.5 Å². The summed E-state index contributed by atoms with van der Waals surface area (Å²) >= 11 is 6.46. The molecule has 0 unspecified atom stereocenters. The number of benzene rings is 3. The summed E-state index contributed by atoms with van der Waals surface area (Å²) in [6, 6.07) is 13.9. The maximum absolute atomic E-state index is 13.8. The summed E-state index contributed by atoms with van der Waals surface area (Å²) in [6.07, 6.45) is 1.37. The summed E-state index contributed by atoms with van der Waals surface area (Å²) in [5.41, 5.74) is 1.08. The highest BCUT2D eigenvalue weighted by Crippen LogP contribution is 2.38. The first-order valence-corrected chi connectivity index (χ1v) is 12.3. The van der Waals surface area contributed by atoms with Gasteiger partial charge in [-0.15, -0.1) is 0 Å². The number of halogens is 2. The predicted molar refractivity (Wildman–Crippen MR) is 144 cm³/mol. The number of para-hydroxylation sites is 1. The van der Waals surface area contributed by atoms with E-state index in [0.29, 0.717) is 16.0 Å². The van der Waals surface area contributed by atoms with Crippen molar-refractivity contribution < 1.29 is 38.1 Å². The molecule has 10 nitrogen and oxygen atoms in total. The second kappa shape index (κ2) is 12.3. The van der Waals surface area contributed by atoms with E-state index >= 15 is 0 Å². The molecule has 1 fully saturated rings. The van der Waals surface area contributed by atoms with Gasteiger partial charge < -0.3 is 25.2 Å². The van der Waals surface area contributed by atoms with Crippen LogP contribution in [0.15, 0.2) is 66.4 Å². The van der Waals surface area contributed by atoms with Crippen LogP contribution in [0.2, 0.25) is 5.02 Å². The number of amides is 4. The number of hydrogen-bond acceptors (Lipinski definition) is 6. The lowest BCUT2D eigenvalue weighted by atomic mass is 10.1. The summed E-state index contributed by atoms with van der Waals surface area (Å²) in [7, 11) is 0. The maximum atomic E-state index is 13.8. The monoisotopic (exact) mass is 567 g/mol. The Morgan fingerprint density at radius 1 is 1.10 bits per heavy atom. The molecular weight excluding hydrogens is 545 g/mol. The molecule has 3 N–H and O–H groups in total. The fourth-order valence-corrected chi connectivity index (χ4v) is 4.02. The predicted octanol–water partition coefficient (Wildman–Crippen LogP) is 4.69. The highest BCUT2D eigenvalue weighted by Gasteiger charge is 2.35. The molecule has 1 heterocycles. The van der Waals surface area contributed by atoms with Crippen molar-refractivity contribution in [2.45, 2.75) is 13.5 Å². The molecule has 12 heteroatoms. The van der Waals surface area contributed by atoms with E-state index in [0.717, 1.165) is 0 Å². The van der Waals surface area contributed by atoms with Gasteiger partial charge in [0.25, 0.3) is 5.91 Å². The van der Waals surface area contributed by atoms with E-state index in [2.05, 4.69) is 10.6 Å². The molecule has 40 heavy (non-hydrogen) atoms. The second-order valence-corrected chi connectivity index (χ2v) is 8.87. The van der Waals surface area contributed by atoms with Crippen LogP contribution in [0.3, 0.4) is 0 Å². The van der Waals surface area contributed by atoms with E-state index in [1.807, 2.05) is 0 Å². The molecule has 0 spiro atoms. The van der Waals surface area contributed by atoms with Gasteiger partial charge in [-0.05, 0) is 60.5 Å². The molecule has 4 amide bonds. The molecule has 0 atom stereocenters. The number of ether oxygens (including phenoxy) is 2. The molecule has 0 aromatic heterocycles. The topological polar surface area (TPSA) is 134 Å². The van der Waals surface area contributed by atoms with Crippen LogP contribution in [-0.4, -0.2) is 47.0 Å². The molecule has 0 bridgehead atoms. The van der Waals surface area contributed by atoms with E-state index in [1.54, 1.807) is 25.1 Å². The van der Waals surface area contributed by atoms with Crippen LogP contribution in [0.25, 0.3) is 6.08 Å². The fourth-order valence-electron chi connectivity index (χ4n) is 3.75. The number of aromatic carboxylic acids is 1. The van der Waals surface area contributed by atoms with Gasteiger partial charge >= 0.3 is 12.0 Å². The zero-order valence-corrected chi connectivity index (χ0v) is 21.8. The van der Waals surface area contributed by atoms with Gasteiger partial charge in [-0.3, -0.25) is 9.59 Å². The number of carboxylic acid groups (broad SMARTS) is 1. The van der Waals surface area contributed by atoms with Crippen molar-refractivity contribution in [2.24, 2.45) is 0 Å². The lowest BCUT2D eigenvalue weighted by molar-refractivity contribution is -0.127. The molecule has 206 valence electrons. The largest absolute Gasteiger partial charge is 0.490 e. The fraction of sp³-hybridized carbons (Fsp3) is 0.143. The molecule has 0 aliphatic carbocycles. The molecule has 0 saturated carbocycles. The third-order valence-corrected chi connectivity index (χ3v) is 5.92. The van der Waals surface area contributed by atoms with E-state index in [-0.39, 0.29) is 46.7 Å². The number of anilines is 1. The van der Waals surface area contributed by atoms with Crippen LogP contribution >= 0.6 is 11.6 Å². The molecule has 3 aromatic carbocycles. The minimum atomic E-state index is -1.04. The van der Waals surface area contributed by atoms with Crippen LogP contribution in [-0.2, 0) is 16.2 Å². The number of hydrogen-bond donors (Lipinski definition) is 3. The van der Waals surface area contributed by atoms with Crippen molar-refractivity contribution in [3.05, 3.63) is 93.9 Å². The molecule has 4 rings (SSSR count). The van der Waals surface area contributed by atoms with E-state index in [1.165, 1.54) is 48.5 Å². The molecule has 1 aliphatic rings. The Balaban J connectivity index is 1.48. The van der Waals surface area contributed by atoms with Crippen LogP contribution in [0, 0.1) is 5.82 Å². The third kappa shape index (κ3) is 6.56.